The van der Waals surface area contributed by atoms with Crippen molar-refractivity contribution < 1.29 is 4.74 Å². The molecule has 146 valence electrons. The van der Waals surface area contributed by atoms with Crippen LogP contribution in [0, 0.1) is 6.92 Å². The van der Waals surface area contributed by atoms with Gasteiger partial charge in [0, 0.05) is 23.8 Å². The molecule has 3 aromatic heterocycles. The van der Waals surface area contributed by atoms with Crippen LogP contribution in [0.2, 0.25) is 0 Å². The number of aromatic nitrogens is 5. The van der Waals surface area contributed by atoms with Crippen LogP contribution in [0.3, 0.4) is 0 Å². The fourth-order valence-electron chi connectivity index (χ4n) is 3.71. The summed E-state index contributed by atoms with van der Waals surface area (Å²) in [7, 11) is 0. The highest BCUT2D eigenvalue weighted by Crippen LogP contribution is 2.24. The summed E-state index contributed by atoms with van der Waals surface area (Å²) in [5.74, 6) is 1.35. The molecule has 1 fully saturated rings. The number of fused-ring (bicyclic) bond motifs is 1. The lowest BCUT2D eigenvalue weighted by Gasteiger charge is -2.21. The van der Waals surface area contributed by atoms with E-state index in [1.54, 1.807) is 23.1 Å². The molecule has 0 amide bonds. The van der Waals surface area contributed by atoms with Crippen molar-refractivity contribution in [3.05, 3.63) is 76.8 Å². The highest BCUT2D eigenvalue weighted by atomic mass is 16.5. The standard InChI is InChI=1S/C21H20N6O2/c1-14-11-19(23-16-6-3-2-5-15(14)16)24-17-12-29-13-18(17)27-21(28)8-7-20(25-27)26-10-4-9-22-26/h2-11,17-18H,12-13H2,1H3,(H,23,24). The minimum atomic E-state index is -0.244. The Kier molecular flexibility index (Phi) is 4.33. The first-order chi connectivity index (χ1) is 14.2. The van der Waals surface area contributed by atoms with E-state index in [2.05, 4.69) is 28.5 Å². The number of ether oxygens (including phenoxy) is 1. The molecular weight excluding hydrogens is 368 g/mol. The molecule has 0 spiro atoms. The third-order valence-electron chi connectivity index (χ3n) is 5.17. The van der Waals surface area contributed by atoms with E-state index >= 15 is 0 Å². The summed E-state index contributed by atoms with van der Waals surface area (Å²) in [5.41, 5.74) is 1.90. The van der Waals surface area contributed by atoms with Crippen LogP contribution < -0.4 is 10.9 Å². The van der Waals surface area contributed by atoms with E-state index in [1.807, 2.05) is 30.3 Å². The van der Waals surface area contributed by atoms with E-state index in [9.17, 15) is 4.79 Å². The predicted molar refractivity (Wildman–Crippen MR) is 109 cm³/mol. The van der Waals surface area contributed by atoms with Gasteiger partial charge >= 0.3 is 0 Å². The molecule has 0 saturated carbocycles. The van der Waals surface area contributed by atoms with Gasteiger partial charge in [-0.15, -0.1) is 5.10 Å². The van der Waals surface area contributed by atoms with Crippen molar-refractivity contribution in [2.24, 2.45) is 0 Å². The van der Waals surface area contributed by atoms with Crippen LogP contribution in [-0.4, -0.2) is 43.8 Å². The molecule has 1 aromatic carbocycles. The van der Waals surface area contributed by atoms with Gasteiger partial charge < -0.3 is 10.1 Å². The van der Waals surface area contributed by atoms with Gasteiger partial charge in [-0.1, -0.05) is 18.2 Å². The SMILES string of the molecule is Cc1cc(NC2COCC2n2nc(-n3cccn3)ccc2=O)nc2ccccc12. The van der Waals surface area contributed by atoms with Crippen LogP contribution in [0.1, 0.15) is 11.6 Å². The zero-order chi connectivity index (χ0) is 19.8. The van der Waals surface area contributed by atoms with Gasteiger partial charge in [-0.2, -0.15) is 5.10 Å². The van der Waals surface area contributed by atoms with Gasteiger partial charge in [0.15, 0.2) is 5.82 Å². The number of hydrogen-bond donors (Lipinski definition) is 1. The summed E-state index contributed by atoms with van der Waals surface area (Å²) in [4.78, 5) is 17.2. The maximum absolute atomic E-state index is 12.5. The number of para-hydroxylation sites is 1. The first-order valence-electron chi connectivity index (χ1n) is 9.49. The molecule has 8 heteroatoms. The lowest BCUT2D eigenvalue weighted by molar-refractivity contribution is 0.182. The number of rotatable bonds is 4. The monoisotopic (exact) mass is 388 g/mol. The third-order valence-corrected chi connectivity index (χ3v) is 5.17. The molecule has 0 bridgehead atoms. The number of hydrogen-bond acceptors (Lipinski definition) is 6. The van der Waals surface area contributed by atoms with Gasteiger partial charge in [-0.05, 0) is 36.8 Å². The average molecular weight is 388 g/mol. The molecule has 1 saturated heterocycles. The van der Waals surface area contributed by atoms with Gasteiger partial charge in [0.25, 0.3) is 5.56 Å². The summed E-state index contributed by atoms with van der Waals surface area (Å²) in [6.07, 6.45) is 3.47. The third kappa shape index (κ3) is 3.27. The molecule has 29 heavy (non-hydrogen) atoms. The van der Waals surface area contributed by atoms with Crippen LogP contribution in [0.25, 0.3) is 16.7 Å². The Bertz CT molecular complexity index is 1220. The number of nitrogens with zero attached hydrogens (tertiary/aromatic N) is 5. The van der Waals surface area contributed by atoms with E-state index < -0.39 is 0 Å². The summed E-state index contributed by atoms with van der Waals surface area (Å²) < 4.78 is 8.80. The highest BCUT2D eigenvalue weighted by Gasteiger charge is 2.32. The lowest BCUT2D eigenvalue weighted by atomic mass is 10.1. The van der Waals surface area contributed by atoms with Crippen molar-refractivity contribution in [2.75, 3.05) is 18.5 Å². The van der Waals surface area contributed by atoms with Crippen LogP contribution in [0.15, 0.2) is 65.7 Å². The average Bonchev–Trinajstić information content (AvgIpc) is 3.41. The van der Waals surface area contributed by atoms with Crippen molar-refractivity contribution >= 4 is 16.7 Å². The van der Waals surface area contributed by atoms with E-state index in [0.29, 0.717) is 19.0 Å². The summed E-state index contributed by atoms with van der Waals surface area (Å²) in [6.45, 7) is 2.94. The van der Waals surface area contributed by atoms with Crippen LogP contribution in [0.4, 0.5) is 5.82 Å². The van der Waals surface area contributed by atoms with E-state index in [4.69, 9.17) is 9.72 Å². The van der Waals surface area contributed by atoms with Gasteiger partial charge in [0.05, 0.1) is 24.8 Å². The van der Waals surface area contributed by atoms with Crippen LogP contribution in [0.5, 0.6) is 0 Å². The Balaban J connectivity index is 1.47. The molecule has 4 aromatic rings. The Hall–Kier alpha value is -3.52. The molecule has 1 aliphatic rings. The normalized spacial score (nSPS) is 18.9. The van der Waals surface area contributed by atoms with Crippen molar-refractivity contribution in [1.82, 2.24) is 24.5 Å². The zero-order valence-corrected chi connectivity index (χ0v) is 15.9. The molecule has 1 N–H and O–H groups in total. The fourth-order valence-corrected chi connectivity index (χ4v) is 3.71. The lowest BCUT2D eigenvalue weighted by Crippen LogP contribution is -2.37. The number of anilines is 1. The summed E-state index contributed by atoms with van der Waals surface area (Å²) in [5, 5.41) is 13.3. The van der Waals surface area contributed by atoms with Crippen LogP contribution >= 0.6 is 0 Å². The molecule has 5 rings (SSSR count). The van der Waals surface area contributed by atoms with Gasteiger partial charge in [-0.25, -0.2) is 14.3 Å². The second kappa shape index (κ2) is 7.14. The minimum Gasteiger partial charge on any atom is -0.377 e. The first-order valence-corrected chi connectivity index (χ1v) is 9.49. The maximum atomic E-state index is 12.5. The molecule has 4 heterocycles. The van der Waals surface area contributed by atoms with Crippen molar-refractivity contribution in [3.8, 4) is 5.82 Å². The van der Waals surface area contributed by atoms with Gasteiger partial charge in [-0.3, -0.25) is 4.79 Å². The Morgan fingerprint density at radius 2 is 2.03 bits per heavy atom. The quantitative estimate of drug-likeness (QED) is 0.577. The molecule has 0 radical (unpaired) electrons. The predicted octanol–water partition coefficient (Wildman–Crippen LogP) is 2.34. The molecule has 2 atom stereocenters. The van der Waals surface area contributed by atoms with Gasteiger partial charge in [0.1, 0.15) is 11.9 Å². The number of pyridine rings is 1. The number of benzene rings is 1. The van der Waals surface area contributed by atoms with Crippen LogP contribution in [-0.2, 0) is 4.74 Å². The number of nitrogens with one attached hydrogen (secondary N) is 1. The first kappa shape index (κ1) is 17.6. The molecule has 8 nitrogen and oxygen atoms in total. The number of aryl methyl sites for hydroxylation is 1. The Labute approximate surface area is 166 Å². The summed E-state index contributed by atoms with van der Waals surface area (Å²) in [6, 6.07) is 14.7. The zero-order valence-electron chi connectivity index (χ0n) is 15.9. The molecule has 0 aliphatic carbocycles. The van der Waals surface area contributed by atoms with Crippen molar-refractivity contribution in [2.45, 2.75) is 19.0 Å². The van der Waals surface area contributed by atoms with Crippen molar-refractivity contribution in [1.29, 1.82) is 0 Å². The Morgan fingerprint density at radius 1 is 1.14 bits per heavy atom. The highest BCUT2D eigenvalue weighted by molar-refractivity contribution is 5.83. The molecule has 1 aliphatic heterocycles. The molecule has 2 unspecified atom stereocenters. The maximum Gasteiger partial charge on any atom is 0.267 e. The molecular formula is C21H20N6O2. The largest absolute Gasteiger partial charge is 0.377 e. The van der Waals surface area contributed by atoms with E-state index in [1.165, 1.54) is 10.7 Å². The summed E-state index contributed by atoms with van der Waals surface area (Å²) >= 11 is 0. The fraction of sp³-hybridized carbons (Fsp3) is 0.238. The topological polar surface area (TPSA) is 86.9 Å². The second-order valence-electron chi connectivity index (χ2n) is 7.12. The smallest absolute Gasteiger partial charge is 0.267 e. The van der Waals surface area contributed by atoms with E-state index in [0.717, 1.165) is 22.3 Å². The Morgan fingerprint density at radius 3 is 2.90 bits per heavy atom. The minimum absolute atomic E-state index is 0.124. The second-order valence-corrected chi connectivity index (χ2v) is 7.12. The van der Waals surface area contributed by atoms with Gasteiger partial charge in [0.2, 0.25) is 0 Å². The van der Waals surface area contributed by atoms with Crippen molar-refractivity contribution in [3.63, 3.8) is 0 Å². The van der Waals surface area contributed by atoms with E-state index in [-0.39, 0.29) is 17.6 Å².